The number of thiophene rings is 1. The normalized spacial score (nSPS) is 20.0. The van der Waals surface area contributed by atoms with E-state index in [-0.39, 0.29) is 12.1 Å². The van der Waals surface area contributed by atoms with Crippen molar-refractivity contribution < 1.29 is 9.53 Å². The molecule has 4 heteroatoms. The van der Waals surface area contributed by atoms with Crippen LogP contribution >= 0.6 is 11.3 Å². The van der Waals surface area contributed by atoms with Gasteiger partial charge in [0, 0.05) is 4.88 Å². The van der Waals surface area contributed by atoms with Gasteiger partial charge in [-0.2, -0.15) is 0 Å². The zero-order valence-corrected chi connectivity index (χ0v) is 12.1. The maximum Gasteiger partial charge on any atom is 0.341 e. The van der Waals surface area contributed by atoms with Gasteiger partial charge in [0.25, 0.3) is 0 Å². The highest BCUT2D eigenvalue weighted by molar-refractivity contribution is 7.16. The van der Waals surface area contributed by atoms with Crippen molar-refractivity contribution in [1.29, 1.82) is 0 Å². The van der Waals surface area contributed by atoms with E-state index in [1.165, 1.54) is 36.1 Å². The Balaban J connectivity index is 1.77. The molecular weight excluding hydrogens is 258 g/mol. The number of nitrogens with two attached hydrogens (primary N) is 1. The van der Waals surface area contributed by atoms with E-state index in [0.717, 1.165) is 32.1 Å². The minimum atomic E-state index is -0.177. The molecule has 0 saturated heterocycles. The highest BCUT2D eigenvalue weighted by Gasteiger charge is 2.27. The zero-order chi connectivity index (χ0) is 13.2. The van der Waals surface area contributed by atoms with Crippen molar-refractivity contribution in [1.82, 2.24) is 0 Å². The van der Waals surface area contributed by atoms with E-state index in [1.54, 1.807) is 11.3 Å². The Kier molecular flexibility index (Phi) is 3.78. The molecule has 2 N–H and O–H groups in total. The van der Waals surface area contributed by atoms with Crippen LogP contribution in [0.3, 0.4) is 0 Å². The fourth-order valence-electron chi connectivity index (χ4n) is 3.20. The van der Waals surface area contributed by atoms with Crippen molar-refractivity contribution in [3.05, 3.63) is 16.0 Å². The SMILES string of the molecule is Nc1sc2c(c1C(=O)OC1CCCCC1)CCCC2. The van der Waals surface area contributed by atoms with E-state index in [2.05, 4.69) is 0 Å². The lowest BCUT2D eigenvalue weighted by molar-refractivity contribution is 0.0211. The number of rotatable bonds is 2. The predicted molar refractivity (Wildman–Crippen MR) is 77.7 cm³/mol. The molecule has 2 aliphatic carbocycles. The summed E-state index contributed by atoms with van der Waals surface area (Å²) in [6.45, 7) is 0. The Hall–Kier alpha value is -1.03. The molecule has 19 heavy (non-hydrogen) atoms. The van der Waals surface area contributed by atoms with Crippen LogP contribution in [0, 0.1) is 0 Å². The zero-order valence-electron chi connectivity index (χ0n) is 11.2. The number of carbonyl (C=O) groups excluding carboxylic acids is 1. The number of ether oxygens (including phenoxy) is 1. The number of carbonyl (C=O) groups is 1. The van der Waals surface area contributed by atoms with Crippen molar-refractivity contribution >= 4 is 22.3 Å². The van der Waals surface area contributed by atoms with Crippen LogP contribution in [0.25, 0.3) is 0 Å². The number of fused-ring (bicyclic) bond motifs is 1. The Morgan fingerprint density at radius 1 is 1.11 bits per heavy atom. The molecule has 0 unspecified atom stereocenters. The molecule has 1 aromatic rings. The van der Waals surface area contributed by atoms with Crippen molar-refractivity contribution in [2.75, 3.05) is 5.73 Å². The Morgan fingerprint density at radius 2 is 1.84 bits per heavy atom. The van der Waals surface area contributed by atoms with Crippen molar-refractivity contribution in [2.24, 2.45) is 0 Å². The molecule has 1 saturated carbocycles. The summed E-state index contributed by atoms with van der Waals surface area (Å²) in [5.74, 6) is -0.177. The number of aryl methyl sites for hydroxylation is 1. The molecule has 1 aromatic heterocycles. The first-order chi connectivity index (χ1) is 9.25. The second-order valence-corrected chi connectivity index (χ2v) is 6.75. The van der Waals surface area contributed by atoms with Gasteiger partial charge in [-0.05, 0) is 56.9 Å². The summed E-state index contributed by atoms with van der Waals surface area (Å²) >= 11 is 1.58. The van der Waals surface area contributed by atoms with Gasteiger partial charge in [0.15, 0.2) is 0 Å². The van der Waals surface area contributed by atoms with E-state index in [9.17, 15) is 4.79 Å². The monoisotopic (exact) mass is 279 g/mol. The molecule has 1 heterocycles. The average Bonchev–Trinajstić information content (AvgIpc) is 2.75. The molecule has 0 atom stereocenters. The molecule has 3 nitrogen and oxygen atoms in total. The smallest absolute Gasteiger partial charge is 0.341 e. The number of hydrogen-bond acceptors (Lipinski definition) is 4. The molecular formula is C15H21NO2S. The fraction of sp³-hybridized carbons (Fsp3) is 0.667. The maximum absolute atomic E-state index is 12.4. The van der Waals surface area contributed by atoms with E-state index in [0.29, 0.717) is 10.6 Å². The molecule has 1 fully saturated rings. The van der Waals surface area contributed by atoms with Crippen LogP contribution in [0.4, 0.5) is 5.00 Å². The molecule has 0 radical (unpaired) electrons. The van der Waals surface area contributed by atoms with Crippen LogP contribution in [0.5, 0.6) is 0 Å². The number of anilines is 1. The lowest BCUT2D eigenvalue weighted by Gasteiger charge is -2.22. The van der Waals surface area contributed by atoms with Gasteiger partial charge >= 0.3 is 5.97 Å². The fourth-order valence-corrected chi connectivity index (χ4v) is 4.35. The summed E-state index contributed by atoms with van der Waals surface area (Å²) < 4.78 is 5.67. The quantitative estimate of drug-likeness (QED) is 0.840. The molecule has 0 amide bonds. The van der Waals surface area contributed by atoms with Gasteiger partial charge in [0.2, 0.25) is 0 Å². The van der Waals surface area contributed by atoms with Crippen LogP contribution in [-0.4, -0.2) is 12.1 Å². The van der Waals surface area contributed by atoms with Gasteiger partial charge in [-0.25, -0.2) is 4.79 Å². The van der Waals surface area contributed by atoms with Crippen LogP contribution in [0.2, 0.25) is 0 Å². The highest BCUT2D eigenvalue weighted by Crippen LogP contribution is 2.37. The largest absolute Gasteiger partial charge is 0.459 e. The summed E-state index contributed by atoms with van der Waals surface area (Å²) in [6, 6.07) is 0. The Bertz CT molecular complexity index is 475. The first kappa shape index (κ1) is 13.0. The predicted octanol–water partition coefficient (Wildman–Crippen LogP) is 3.70. The number of esters is 1. The number of nitrogen functional groups attached to an aromatic ring is 1. The minimum Gasteiger partial charge on any atom is -0.459 e. The maximum atomic E-state index is 12.4. The summed E-state index contributed by atoms with van der Waals surface area (Å²) in [5.41, 5.74) is 7.91. The Morgan fingerprint density at radius 3 is 2.63 bits per heavy atom. The molecule has 3 rings (SSSR count). The van der Waals surface area contributed by atoms with Crippen LogP contribution in [0.15, 0.2) is 0 Å². The Labute approximate surface area is 118 Å². The average molecular weight is 279 g/mol. The third-order valence-electron chi connectivity index (χ3n) is 4.23. The third-order valence-corrected chi connectivity index (χ3v) is 5.35. The number of hydrogen-bond donors (Lipinski definition) is 1. The van der Waals surface area contributed by atoms with Crippen LogP contribution in [0.1, 0.15) is 65.7 Å². The van der Waals surface area contributed by atoms with E-state index < -0.39 is 0 Å². The van der Waals surface area contributed by atoms with Crippen LogP contribution < -0.4 is 5.73 Å². The van der Waals surface area contributed by atoms with Crippen molar-refractivity contribution in [3.63, 3.8) is 0 Å². The van der Waals surface area contributed by atoms with E-state index >= 15 is 0 Å². The van der Waals surface area contributed by atoms with Gasteiger partial charge < -0.3 is 10.5 Å². The summed E-state index contributed by atoms with van der Waals surface area (Å²) in [7, 11) is 0. The van der Waals surface area contributed by atoms with Crippen molar-refractivity contribution in [3.8, 4) is 0 Å². The molecule has 0 bridgehead atoms. The second kappa shape index (κ2) is 5.53. The van der Waals surface area contributed by atoms with Gasteiger partial charge in [-0.15, -0.1) is 11.3 Å². The third kappa shape index (κ3) is 2.64. The topological polar surface area (TPSA) is 52.3 Å². The lowest BCUT2D eigenvalue weighted by atomic mass is 9.95. The first-order valence-corrected chi connectivity index (χ1v) is 8.18. The van der Waals surface area contributed by atoms with E-state index in [4.69, 9.17) is 10.5 Å². The van der Waals surface area contributed by atoms with Crippen LogP contribution in [-0.2, 0) is 17.6 Å². The summed E-state index contributed by atoms with van der Waals surface area (Å²) in [6.07, 6.45) is 10.2. The molecule has 0 aliphatic heterocycles. The van der Waals surface area contributed by atoms with E-state index in [1.807, 2.05) is 0 Å². The molecule has 0 aromatic carbocycles. The van der Waals surface area contributed by atoms with Gasteiger partial charge in [0.05, 0.1) is 5.56 Å². The highest BCUT2D eigenvalue weighted by atomic mass is 32.1. The molecule has 0 spiro atoms. The lowest BCUT2D eigenvalue weighted by Crippen LogP contribution is -2.22. The standard InChI is InChI=1S/C15H21NO2S/c16-14-13(11-8-4-5-9-12(11)19-14)15(17)18-10-6-2-1-3-7-10/h10H,1-9,16H2. The molecule has 2 aliphatic rings. The first-order valence-electron chi connectivity index (χ1n) is 7.36. The molecule has 104 valence electrons. The second-order valence-electron chi connectivity index (χ2n) is 5.62. The summed E-state index contributed by atoms with van der Waals surface area (Å²) in [4.78, 5) is 13.7. The summed E-state index contributed by atoms with van der Waals surface area (Å²) in [5, 5.41) is 0.660. The minimum absolute atomic E-state index is 0.111. The van der Waals surface area contributed by atoms with Gasteiger partial charge in [0.1, 0.15) is 11.1 Å². The van der Waals surface area contributed by atoms with Gasteiger partial charge in [-0.3, -0.25) is 0 Å². The van der Waals surface area contributed by atoms with Crippen molar-refractivity contribution in [2.45, 2.75) is 63.9 Å². The van der Waals surface area contributed by atoms with Gasteiger partial charge in [-0.1, -0.05) is 6.42 Å².